The van der Waals surface area contributed by atoms with Gasteiger partial charge in [0.1, 0.15) is 5.73 Å². The van der Waals surface area contributed by atoms with Gasteiger partial charge in [0.25, 0.3) is 5.97 Å². The van der Waals surface area contributed by atoms with Crippen LogP contribution in [0.3, 0.4) is 0 Å². The van der Waals surface area contributed by atoms with Crippen molar-refractivity contribution in [3.8, 4) is 0 Å². The van der Waals surface area contributed by atoms with Gasteiger partial charge >= 0.3 is 8.80 Å². The molecule has 1 fully saturated rings. The van der Waals surface area contributed by atoms with Gasteiger partial charge in [-0.25, -0.2) is 0 Å². The summed E-state index contributed by atoms with van der Waals surface area (Å²) in [5, 5.41) is 0. The standard InChI is InChI=1S/C14H30O7Si/c1-8-12(18-11(4)22(15-5,16-6)17-7)19-14(10-3)20-13(9-2)21-14/h11-13H,8-10H2,1-7H3. The maximum absolute atomic E-state index is 5.94. The quantitative estimate of drug-likeness (QED) is 0.423. The monoisotopic (exact) mass is 338 g/mol. The van der Waals surface area contributed by atoms with Crippen LogP contribution in [0.5, 0.6) is 0 Å². The van der Waals surface area contributed by atoms with E-state index in [2.05, 4.69) is 0 Å². The lowest BCUT2D eigenvalue weighted by Gasteiger charge is -2.47. The summed E-state index contributed by atoms with van der Waals surface area (Å²) in [6, 6.07) is 0. The van der Waals surface area contributed by atoms with Crippen LogP contribution in [0.25, 0.3) is 0 Å². The lowest BCUT2D eigenvalue weighted by molar-refractivity contribution is -0.559. The molecule has 1 rings (SSSR count). The molecule has 1 heterocycles. The van der Waals surface area contributed by atoms with Crippen molar-refractivity contribution in [2.24, 2.45) is 0 Å². The molecule has 0 bridgehead atoms. The van der Waals surface area contributed by atoms with Gasteiger partial charge < -0.3 is 18.0 Å². The molecule has 0 radical (unpaired) electrons. The Labute approximate surface area is 134 Å². The fourth-order valence-electron chi connectivity index (χ4n) is 2.35. The molecular weight excluding hydrogens is 308 g/mol. The van der Waals surface area contributed by atoms with Gasteiger partial charge in [-0.2, -0.15) is 0 Å². The van der Waals surface area contributed by atoms with E-state index in [1.54, 1.807) is 21.3 Å². The Kier molecular flexibility index (Phi) is 7.90. The van der Waals surface area contributed by atoms with Gasteiger partial charge in [-0.3, -0.25) is 14.2 Å². The maximum Gasteiger partial charge on any atom is 0.530 e. The molecule has 1 saturated heterocycles. The van der Waals surface area contributed by atoms with E-state index < -0.39 is 21.1 Å². The van der Waals surface area contributed by atoms with Gasteiger partial charge in [0.15, 0.2) is 12.6 Å². The van der Waals surface area contributed by atoms with Gasteiger partial charge in [0.2, 0.25) is 0 Å². The highest BCUT2D eigenvalue weighted by atomic mass is 28.4. The van der Waals surface area contributed by atoms with Crippen LogP contribution in [0.2, 0.25) is 0 Å². The van der Waals surface area contributed by atoms with Crippen LogP contribution in [-0.2, 0) is 32.2 Å². The molecule has 0 aromatic heterocycles. The van der Waals surface area contributed by atoms with E-state index in [9.17, 15) is 0 Å². The summed E-state index contributed by atoms with van der Waals surface area (Å²) in [6.45, 7) is 7.76. The first-order valence-electron chi connectivity index (χ1n) is 7.79. The maximum atomic E-state index is 5.94. The van der Waals surface area contributed by atoms with E-state index in [-0.39, 0.29) is 12.0 Å². The van der Waals surface area contributed by atoms with Crippen molar-refractivity contribution < 1.29 is 32.2 Å². The molecule has 1 aliphatic heterocycles. The molecule has 0 aromatic rings. The first kappa shape index (κ1) is 20.0. The Morgan fingerprint density at radius 3 is 1.95 bits per heavy atom. The van der Waals surface area contributed by atoms with Crippen molar-refractivity contribution in [3.05, 3.63) is 0 Å². The van der Waals surface area contributed by atoms with E-state index in [1.807, 2.05) is 27.7 Å². The van der Waals surface area contributed by atoms with Gasteiger partial charge in [-0.05, 0) is 19.8 Å². The Morgan fingerprint density at radius 1 is 1.05 bits per heavy atom. The lowest BCUT2D eigenvalue weighted by Crippen LogP contribution is -2.59. The van der Waals surface area contributed by atoms with E-state index in [0.717, 1.165) is 6.42 Å². The van der Waals surface area contributed by atoms with Crippen LogP contribution in [0.4, 0.5) is 0 Å². The molecule has 2 unspecified atom stereocenters. The van der Waals surface area contributed by atoms with Crippen molar-refractivity contribution in [2.45, 2.75) is 71.2 Å². The average Bonchev–Trinajstić information content (AvgIpc) is 2.51. The van der Waals surface area contributed by atoms with Crippen molar-refractivity contribution >= 4 is 8.80 Å². The molecule has 1 aliphatic rings. The zero-order valence-corrected chi connectivity index (χ0v) is 15.7. The highest BCUT2D eigenvalue weighted by molar-refractivity contribution is 6.61. The largest absolute Gasteiger partial charge is 0.530 e. The second kappa shape index (κ2) is 8.70. The minimum atomic E-state index is -2.88. The predicted molar refractivity (Wildman–Crippen MR) is 81.8 cm³/mol. The smallest absolute Gasteiger partial charge is 0.375 e. The molecule has 0 amide bonds. The summed E-state index contributed by atoms with van der Waals surface area (Å²) in [7, 11) is 1.78. The Hall–Kier alpha value is -0.0631. The summed E-state index contributed by atoms with van der Waals surface area (Å²) in [4.78, 5) is 0. The lowest BCUT2D eigenvalue weighted by atomic mass is 10.3. The van der Waals surface area contributed by atoms with Crippen LogP contribution in [0.15, 0.2) is 0 Å². The third-order valence-electron chi connectivity index (χ3n) is 3.74. The topological polar surface area (TPSA) is 64.6 Å². The normalized spacial score (nSPS) is 28.2. The second-order valence-electron chi connectivity index (χ2n) is 5.06. The Bertz CT molecular complexity index is 310. The number of hydrogen-bond acceptors (Lipinski definition) is 7. The first-order chi connectivity index (χ1) is 10.4. The van der Waals surface area contributed by atoms with Crippen LogP contribution in [0.1, 0.15) is 47.0 Å². The van der Waals surface area contributed by atoms with Crippen LogP contribution in [0, 0.1) is 0 Å². The van der Waals surface area contributed by atoms with Crippen LogP contribution < -0.4 is 0 Å². The molecule has 2 atom stereocenters. The second-order valence-corrected chi connectivity index (χ2v) is 8.30. The Balaban J connectivity index is 2.65. The van der Waals surface area contributed by atoms with E-state index in [1.165, 1.54) is 0 Å². The third-order valence-corrected chi connectivity index (χ3v) is 6.58. The molecular formula is C14H30O7Si. The predicted octanol–water partition coefficient (Wildman–Crippen LogP) is 2.41. The van der Waals surface area contributed by atoms with Gasteiger partial charge in [0.05, 0.1) is 0 Å². The number of ether oxygens (including phenoxy) is 4. The number of hydrogen-bond donors (Lipinski definition) is 0. The van der Waals surface area contributed by atoms with Crippen LogP contribution in [-0.4, -0.2) is 54.4 Å². The SMILES string of the molecule is CCC(OC(C)[Si](OC)(OC)OC)OC1(CC)OC(CC)O1. The number of rotatable bonds is 11. The molecule has 0 spiro atoms. The van der Waals surface area contributed by atoms with Crippen LogP contribution >= 0.6 is 0 Å². The summed E-state index contributed by atoms with van der Waals surface area (Å²) in [5.74, 6) is -1.02. The molecule has 0 N–H and O–H groups in total. The fraction of sp³-hybridized carbons (Fsp3) is 1.00. The summed E-state index contributed by atoms with van der Waals surface area (Å²) in [6.07, 6.45) is 1.29. The highest BCUT2D eigenvalue weighted by Gasteiger charge is 2.50. The van der Waals surface area contributed by atoms with E-state index >= 15 is 0 Å². The van der Waals surface area contributed by atoms with E-state index in [4.69, 9.17) is 32.2 Å². The minimum absolute atomic E-state index is 0.208. The molecule has 0 aliphatic carbocycles. The molecule has 132 valence electrons. The zero-order valence-electron chi connectivity index (χ0n) is 14.7. The van der Waals surface area contributed by atoms with Crippen molar-refractivity contribution in [1.82, 2.24) is 0 Å². The highest BCUT2D eigenvalue weighted by Crippen LogP contribution is 2.37. The third kappa shape index (κ3) is 4.27. The minimum Gasteiger partial charge on any atom is -0.375 e. The van der Waals surface area contributed by atoms with Gasteiger partial charge in [-0.1, -0.05) is 20.8 Å². The zero-order chi connectivity index (χ0) is 16.8. The summed E-state index contributed by atoms with van der Waals surface area (Å²) < 4.78 is 39.5. The molecule has 0 aromatic carbocycles. The van der Waals surface area contributed by atoms with Crippen molar-refractivity contribution in [2.75, 3.05) is 21.3 Å². The molecule has 7 nitrogen and oxygen atoms in total. The van der Waals surface area contributed by atoms with Gasteiger partial charge in [0, 0.05) is 27.8 Å². The van der Waals surface area contributed by atoms with Crippen molar-refractivity contribution in [3.63, 3.8) is 0 Å². The van der Waals surface area contributed by atoms with Gasteiger partial charge in [-0.15, -0.1) is 0 Å². The molecule has 0 saturated carbocycles. The molecule has 22 heavy (non-hydrogen) atoms. The molecule has 8 heteroatoms. The fourth-order valence-corrected chi connectivity index (χ4v) is 4.16. The average molecular weight is 338 g/mol. The van der Waals surface area contributed by atoms with E-state index in [0.29, 0.717) is 12.8 Å². The van der Waals surface area contributed by atoms with Crippen molar-refractivity contribution in [1.29, 1.82) is 0 Å². The first-order valence-corrected chi connectivity index (χ1v) is 9.59. The summed E-state index contributed by atoms with van der Waals surface area (Å²) in [5.41, 5.74) is -0.381. The Morgan fingerprint density at radius 2 is 1.59 bits per heavy atom. The summed E-state index contributed by atoms with van der Waals surface area (Å²) >= 11 is 0.